The fourth-order valence-electron chi connectivity index (χ4n) is 17.2. The molecule has 0 aromatic rings. The van der Waals surface area contributed by atoms with Gasteiger partial charge in [0.15, 0.2) is 69.2 Å². The van der Waals surface area contributed by atoms with Gasteiger partial charge in [-0.3, -0.25) is 19.2 Å². The molecule has 0 aliphatic carbocycles. The van der Waals surface area contributed by atoms with Crippen LogP contribution in [0, 0.1) is 0 Å². The van der Waals surface area contributed by atoms with Crippen molar-refractivity contribution >= 4 is 23.6 Å². The van der Waals surface area contributed by atoms with Crippen LogP contribution in [0.15, 0.2) is 0 Å². The molecule has 4 amide bonds. The van der Waals surface area contributed by atoms with Crippen LogP contribution < -0.4 is 21.3 Å². The summed E-state index contributed by atoms with van der Waals surface area (Å²) >= 11 is 0. The lowest BCUT2D eigenvalue weighted by Gasteiger charge is -2.52. The summed E-state index contributed by atoms with van der Waals surface area (Å²) in [4.78, 5) is 52.5. The minimum Gasteiger partial charge on any atom is -0.394 e. The van der Waals surface area contributed by atoms with Crippen molar-refractivity contribution in [3.8, 4) is 0 Å². The second kappa shape index (κ2) is 47.6. The summed E-state index contributed by atoms with van der Waals surface area (Å²) in [6.45, 7) is -6.71. The normalized spacial score (nSPS) is 50.1. The number of hydrogen-bond donors (Lipinski definition) is 34. The van der Waals surface area contributed by atoms with Gasteiger partial charge < -0.3 is 274 Å². The van der Waals surface area contributed by atoms with Gasteiger partial charge in [-0.1, -0.05) is 0 Å². The molecule has 55 atom stereocenters. The molecule has 34 N–H and O–H groups in total. The molecule has 0 radical (unpaired) electrons. The molecule has 11 aliphatic rings. The Kier molecular flexibility index (Phi) is 39.1. The van der Waals surface area contributed by atoms with Gasteiger partial charge >= 0.3 is 0 Å². The van der Waals surface area contributed by atoms with Crippen molar-refractivity contribution in [2.45, 2.75) is 372 Å². The Labute approximate surface area is 752 Å². The third kappa shape index (κ3) is 24.3. The fourth-order valence-corrected chi connectivity index (χ4v) is 17.2. The van der Waals surface area contributed by atoms with E-state index in [2.05, 4.69) is 21.3 Å². The summed E-state index contributed by atoms with van der Waals surface area (Å²) in [6.07, 6.45) is -111. The molecule has 0 saturated carbocycles. The zero-order chi connectivity index (χ0) is 97.8. The Morgan fingerprint density at radius 3 is 0.910 bits per heavy atom. The predicted molar refractivity (Wildman–Crippen MR) is 407 cm³/mol. The van der Waals surface area contributed by atoms with Crippen molar-refractivity contribution in [3.63, 3.8) is 0 Å². The fraction of sp³-hybridized carbons (Fsp3) is 0.946. The van der Waals surface area contributed by atoms with Crippen LogP contribution in [0.1, 0.15) is 34.6 Å². The SMILES string of the molecule is CC(=O)N[C@@H]1[C@@H](O)[C@H](O[C@@H]2O[C@H](CO)[C@@H](O[C@@H]3O[C@H](CO[C@H]4O[C@H](CO[C@H]5O[C@H](CO)[C@@H](O)[C@H](O)[C@@H]5O)[C@@H](O)[C@H](O[C@H]5O[C@H](CO)[C@@H](O)[C@H](O)[C@@H]5O)[C@@H]4O)[C@@H](O[C@@H]4O[C@H](CO)[C@@H](O)[C@H](O)[C@H]4NC(C)=O)[C@H](O[C@H]4O[C@H](CO)[C@@H](O)[C@H](O)[C@@H]4O[C@@H]4O[C@H](CO)[C@@H](O[C@@H]5O[C@H](CO)[C@H](O)[C@H](O)[C@H]5O)[C@H](O)[C@H]4NC(C)=O)[C@@H]3O)[C@H](O)[C@H]2NC(C)=O)[C@@H](CO[C@@H]2O[C@@H](C)[C@@H](O)[C@@H](O)[C@@H]2O)O[C@H]1O. The number of aliphatic hydroxyl groups is 30. The van der Waals surface area contributed by atoms with Crippen LogP contribution >= 0.6 is 0 Å². The largest absolute Gasteiger partial charge is 0.394 e. The van der Waals surface area contributed by atoms with E-state index in [4.69, 9.17) is 99.5 Å². The van der Waals surface area contributed by atoms with Crippen LogP contribution in [-0.2, 0) is 119 Å². The zero-order valence-corrected chi connectivity index (χ0v) is 71.4. The molecule has 0 bridgehead atoms. The first-order valence-electron chi connectivity index (χ1n) is 42.5. The van der Waals surface area contributed by atoms with Crippen molar-refractivity contribution in [2.24, 2.45) is 0 Å². The van der Waals surface area contributed by atoms with Gasteiger partial charge in [-0.15, -0.1) is 0 Å². The molecule has 0 unspecified atom stereocenters. The van der Waals surface area contributed by atoms with E-state index in [1.807, 2.05) is 0 Å². The Hall–Kier alpha value is -4.16. The van der Waals surface area contributed by atoms with Gasteiger partial charge in [-0.25, -0.2) is 0 Å². The Morgan fingerprint density at radius 2 is 0.474 bits per heavy atom. The molecule has 0 spiro atoms. The molecule has 59 nitrogen and oxygen atoms in total. The molecule has 11 fully saturated rings. The second-order valence-electron chi connectivity index (χ2n) is 33.8. The summed E-state index contributed by atoms with van der Waals surface area (Å²) in [5.41, 5.74) is 0. The Balaban J connectivity index is 1.02. The first-order chi connectivity index (χ1) is 62.9. The van der Waals surface area contributed by atoms with Gasteiger partial charge in [0, 0.05) is 27.7 Å². The van der Waals surface area contributed by atoms with E-state index >= 15 is 0 Å². The molecule has 11 heterocycles. The third-order valence-corrected chi connectivity index (χ3v) is 24.5. The zero-order valence-electron chi connectivity index (χ0n) is 71.4. The lowest BCUT2D eigenvalue weighted by Crippen LogP contribution is -2.71. The van der Waals surface area contributed by atoms with Gasteiger partial charge in [0.2, 0.25) is 23.6 Å². The third-order valence-electron chi connectivity index (χ3n) is 24.5. The molecule has 11 saturated heterocycles. The second-order valence-corrected chi connectivity index (χ2v) is 33.8. The maximum atomic E-state index is 13.5. The molecule has 770 valence electrons. The van der Waals surface area contributed by atoms with E-state index in [9.17, 15) is 172 Å². The molecule has 59 heteroatoms. The van der Waals surface area contributed by atoms with E-state index < -0.39 is 427 Å². The van der Waals surface area contributed by atoms with E-state index in [1.165, 1.54) is 6.92 Å². The van der Waals surface area contributed by atoms with E-state index in [0.29, 0.717) is 0 Å². The highest BCUT2D eigenvalue weighted by molar-refractivity contribution is 5.74. The summed E-state index contributed by atoms with van der Waals surface area (Å²) in [6, 6.07) is -8.10. The maximum Gasteiger partial charge on any atom is 0.217 e. The number of carbonyl (C=O) groups is 4. The summed E-state index contributed by atoms with van der Waals surface area (Å²) < 4.78 is 127. The summed E-state index contributed by atoms with van der Waals surface area (Å²) in [7, 11) is 0. The number of amides is 4. The highest BCUT2D eigenvalue weighted by atomic mass is 16.8. The molecule has 0 aromatic carbocycles. The first kappa shape index (κ1) is 109. The molecule has 11 rings (SSSR count). The summed E-state index contributed by atoms with van der Waals surface area (Å²) in [5.74, 6) is -4.00. The topological polar surface area (TPSA) is 917 Å². The highest BCUT2D eigenvalue weighted by Gasteiger charge is 2.63. The van der Waals surface area contributed by atoms with Gasteiger partial charge in [0.1, 0.15) is 262 Å². The summed E-state index contributed by atoms with van der Waals surface area (Å²) in [5, 5.41) is 347. The smallest absolute Gasteiger partial charge is 0.217 e. The molecule has 0 aromatic heterocycles. The number of aliphatic hydroxyl groups excluding tert-OH is 30. The average molecular weight is 1950 g/mol. The number of rotatable bonds is 34. The Bertz CT molecular complexity index is 3630. The van der Waals surface area contributed by atoms with Gasteiger partial charge in [0.05, 0.1) is 72.2 Å². The number of hydrogen-bond acceptors (Lipinski definition) is 55. The van der Waals surface area contributed by atoms with E-state index in [-0.39, 0.29) is 0 Å². The lowest BCUT2D eigenvalue weighted by molar-refractivity contribution is -0.408. The van der Waals surface area contributed by atoms with Crippen LogP contribution in [0.25, 0.3) is 0 Å². The lowest BCUT2D eigenvalue weighted by atomic mass is 9.93. The number of ether oxygens (including phenoxy) is 21. The predicted octanol–water partition coefficient (Wildman–Crippen LogP) is -23.4. The minimum atomic E-state index is -2.83. The molecular formula is C74H124N4O55. The number of carbonyl (C=O) groups excluding carboxylic acids is 4. The number of nitrogens with one attached hydrogen (secondary N) is 4. The van der Waals surface area contributed by atoms with Crippen LogP contribution in [0.5, 0.6) is 0 Å². The molecule has 11 aliphatic heterocycles. The van der Waals surface area contributed by atoms with Crippen molar-refractivity contribution in [2.75, 3.05) is 66.1 Å². The van der Waals surface area contributed by atoms with Crippen molar-refractivity contribution in [1.82, 2.24) is 21.3 Å². The van der Waals surface area contributed by atoms with Crippen molar-refractivity contribution in [1.29, 1.82) is 0 Å². The van der Waals surface area contributed by atoms with Crippen LogP contribution in [0.2, 0.25) is 0 Å². The van der Waals surface area contributed by atoms with Gasteiger partial charge in [-0.05, 0) is 6.92 Å². The first-order valence-corrected chi connectivity index (χ1v) is 42.5. The van der Waals surface area contributed by atoms with Crippen LogP contribution in [-0.4, -0.2) is 580 Å². The average Bonchev–Trinajstić information content (AvgIpc) is 0.755. The van der Waals surface area contributed by atoms with Crippen LogP contribution in [0.4, 0.5) is 0 Å². The van der Waals surface area contributed by atoms with E-state index in [0.717, 1.165) is 27.7 Å². The highest BCUT2D eigenvalue weighted by Crippen LogP contribution is 2.42. The monoisotopic (exact) mass is 1950 g/mol. The molecular weight excluding hydrogens is 1820 g/mol. The van der Waals surface area contributed by atoms with Crippen LogP contribution in [0.3, 0.4) is 0 Å². The van der Waals surface area contributed by atoms with Crippen molar-refractivity contribution in [3.05, 3.63) is 0 Å². The molecule has 133 heavy (non-hydrogen) atoms. The van der Waals surface area contributed by atoms with E-state index in [1.54, 1.807) is 0 Å². The van der Waals surface area contributed by atoms with Crippen molar-refractivity contribution < 1.29 is 272 Å². The maximum absolute atomic E-state index is 13.5. The minimum absolute atomic E-state index is 0.882. The van der Waals surface area contributed by atoms with Gasteiger partial charge in [-0.2, -0.15) is 0 Å². The van der Waals surface area contributed by atoms with Gasteiger partial charge in [0.25, 0.3) is 0 Å². The quantitative estimate of drug-likeness (QED) is 0.0284. The Morgan fingerprint density at radius 1 is 0.211 bits per heavy atom. The standard InChI is InChI=1S/C74H124N4O55/c1-16-35(90)46(101)51(106)68(116-16)114-14-29-59(43(98)31(64(112)117-29)75-17(2)86)127-66-33(77-19(4)88)44(99)58(27(12-85)123-66)129-73-56(111)62(132-74-63(50(105)40(95)25(10-83)122-74)133-67-34(78-20(5)89)45(100)57(26(11-84)124-67)128-71-53(108)48(103)38(93)23(8-81)120-71)60(130-65-32(76-18(3)87)42(97)36(91)21(6-79)118-65)30(126-73)15-115-70-55(110)61(131-72-54(109)49(104)39(94)24(9-82)121-72)41(96)28(125-70)13-113-69-52(107)47(102)37(92)22(7-80)119-69/h16,21-74,79-85,90-112H,6-15H2,1-5H3,(H,75,86)(H,76,87)(H,77,88)(H,78,89)/t16-,21+,22+,23+,24+,25+,26+,27+,28+,29+,30+,31+,32+,33+,34+,35+,36+,37+,38-,39+,40+,41+,42+,43+,44+,45+,46+,47-,48-,49-,50-,51-,52-,53+,54-,55-,56-,57+,58+,59+,60+,61-,62+,63-,64+,65-,66-,67-,68+,69-,70-,71-,72+,73-,74+/m0/s1.